The summed E-state index contributed by atoms with van der Waals surface area (Å²) in [5.74, 6) is -2.37. The van der Waals surface area contributed by atoms with Crippen LogP contribution in [0.5, 0.6) is 0 Å². The largest absolute Gasteiger partial charge is 0.481 e. The molecule has 2 unspecified atom stereocenters. The third-order valence-electron chi connectivity index (χ3n) is 4.39. The first kappa shape index (κ1) is 19.4. The van der Waals surface area contributed by atoms with Gasteiger partial charge in [0.05, 0.1) is 6.42 Å². The number of thioether (sulfide) groups is 1. The highest BCUT2D eigenvalue weighted by atomic mass is 32.2. The van der Waals surface area contributed by atoms with Crippen LogP contribution in [0.15, 0.2) is 10.2 Å². The highest BCUT2D eigenvalue weighted by molar-refractivity contribution is 8.00. The Labute approximate surface area is 161 Å². The van der Waals surface area contributed by atoms with Crippen LogP contribution in [0.2, 0.25) is 0 Å². The first-order chi connectivity index (χ1) is 12.7. The van der Waals surface area contributed by atoms with E-state index in [1.54, 1.807) is 5.38 Å². The maximum absolute atomic E-state index is 12.4. The van der Waals surface area contributed by atoms with Crippen LogP contribution in [0.25, 0.3) is 0 Å². The van der Waals surface area contributed by atoms with E-state index in [4.69, 9.17) is 4.74 Å². The minimum atomic E-state index is -1.37. The Hall–Kier alpha value is -2.34. The Morgan fingerprint density at radius 2 is 2.19 bits per heavy atom. The number of nitrogens with zero attached hydrogens (tertiary/aromatic N) is 1. The lowest BCUT2D eigenvalue weighted by Crippen LogP contribution is -2.74. The summed E-state index contributed by atoms with van der Waals surface area (Å²) in [5.41, 5.74) is -0.901. The Morgan fingerprint density at radius 1 is 1.44 bits per heavy atom. The fourth-order valence-corrected chi connectivity index (χ4v) is 5.05. The zero-order valence-electron chi connectivity index (χ0n) is 14.2. The Balaban J connectivity index is 1.61. The molecule has 0 saturated carbocycles. The van der Waals surface area contributed by atoms with E-state index in [9.17, 15) is 29.1 Å². The smallest absolute Gasteiger partial charge is 0.315 e. The average molecular weight is 415 g/mol. The predicted octanol–water partition coefficient (Wildman–Crippen LogP) is -0.987. The van der Waals surface area contributed by atoms with Gasteiger partial charge in [-0.15, -0.1) is 11.8 Å². The van der Waals surface area contributed by atoms with Gasteiger partial charge in [-0.25, -0.2) is 0 Å². The van der Waals surface area contributed by atoms with Gasteiger partial charge in [-0.2, -0.15) is 0 Å². The maximum Gasteiger partial charge on any atom is 0.315 e. The first-order valence-electron chi connectivity index (χ1n) is 7.97. The van der Waals surface area contributed by atoms with Crippen molar-refractivity contribution in [3.8, 4) is 0 Å². The summed E-state index contributed by atoms with van der Waals surface area (Å²) in [7, 11) is 0. The molecule has 2 saturated heterocycles. The molecule has 1 aromatic heterocycles. The molecule has 27 heavy (non-hydrogen) atoms. The van der Waals surface area contributed by atoms with Gasteiger partial charge in [-0.1, -0.05) is 11.3 Å². The summed E-state index contributed by atoms with van der Waals surface area (Å²) in [6.07, 6.45) is -0.0502. The molecule has 3 rings (SSSR count). The van der Waals surface area contributed by atoms with Crippen LogP contribution in [-0.4, -0.2) is 69.1 Å². The Bertz CT molecular complexity index is 850. The number of β-lactam (4-membered cyclic amide) rings is 1. The number of H-pyrrole nitrogens is 1. The van der Waals surface area contributed by atoms with E-state index in [-0.39, 0.29) is 41.5 Å². The van der Waals surface area contributed by atoms with Gasteiger partial charge in [0.15, 0.2) is 0 Å². The number of aliphatic carboxylic acids is 1. The fourth-order valence-electron chi connectivity index (χ4n) is 2.94. The van der Waals surface area contributed by atoms with Crippen molar-refractivity contribution in [3.63, 3.8) is 0 Å². The second-order valence-corrected chi connectivity index (χ2v) is 8.38. The third-order valence-corrected chi connectivity index (χ3v) is 6.69. The number of carboxylic acid groups (broad SMARTS) is 1. The molecule has 3 N–H and O–H groups in total. The zero-order chi connectivity index (χ0) is 19.8. The molecule has 0 aromatic carbocycles. The number of amides is 2. The van der Waals surface area contributed by atoms with Crippen LogP contribution in [-0.2, 0) is 30.3 Å². The molecular weight excluding hydrogens is 398 g/mol. The van der Waals surface area contributed by atoms with Crippen LogP contribution in [0.4, 0.5) is 0 Å². The van der Waals surface area contributed by atoms with Gasteiger partial charge in [0.1, 0.15) is 23.4 Å². The van der Waals surface area contributed by atoms with E-state index in [1.807, 2.05) is 0 Å². The summed E-state index contributed by atoms with van der Waals surface area (Å²) >= 11 is 2.18. The summed E-state index contributed by atoms with van der Waals surface area (Å²) < 4.78 is 4.88. The molecule has 2 aliphatic heterocycles. The SMILES string of the molecule is CC(=O)OCC1(C(=O)O)CS[C@@H]2C(NC(=O)Cc3csc(=O)[nH]3)C(=O)N2C1. The maximum atomic E-state index is 12.4. The molecule has 1 aromatic rings. The molecule has 0 radical (unpaired) electrons. The number of aromatic nitrogens is 1. The van der Waals surface area contributed by atoms with E-state index in [0.29, 0.717) is 5.69 Å². The molecule has 0 spiro atoms. The number of carbonyl (C=O) groups excluding carboxylic acids is 3. The van der Waals surface area contributed by atoms with Crippen molar-refractivity contribution in [2.24, 2.45) is 5.41 Å². The van der Waals surface area contributed by atoms with E-state index < -0.39 is 29.3 Å². The van der Waals surface area contributed by atoms with Crippen molar-refractivity contribution in [1.29, 1.82) is 0 Å². The highest BCUT2D eigenvalue weighted by Crippen LogP contribution is 2.42. The quantitative estimate of drug-likeness (QED) is 0.397. The van der Waals surface area contributed by atoms with Crippen LogP contribution in [0.1, 0.15) is 12.6 Å². The van der Waals surface area contributed by atoms with Gasteiger partial charge in [0.2, 0.25) is 11.8 Å². The molecule has 0 aliphatic carbocycles. The number of carboxylic acids is 1. The highest BCUT2D eigenvalue weighted by Gasteiger charge is 2.57. The lowest BCUT2D eigenvalue weighted by molar-refractivity contribution is -0.164. The van der Waals surface area contributed by atoms with Gasteiger partial charge < -0.3 is 25.0 Å². The number of thiazole rings is 1. The molecular formula is C15H17N3O7S2. The minimum Gasteiger partial charge on any atom is -0.481 e. The summed E-state index contributed by atoms with van der Waals surface area (Å²) in [5, 5.41) is 13.4. The number of rotatable bonds is 6. The molecule has 2 aliphatic rings. The molecule has 3 atom stereocenters. The Morgan fingerprint density at radius 3 is 2.78 bits per heavy atom. The van der Waals surface area contributed by atoms with Crippen LogP contribution < -0.4 is 10.2 Å². The summed E-state index contributed by atoms with van der Waals surface area (Å²) in [6, 6.07) is -0.742. The van der Waals surface area contributed by atoms with Gasteiger partial charge in [-0.05, 0) is 0 Å². The standard InChI is InChI=1S/C15H17N3O7S2/c1-7(19)25-5-15(13(22)23)4-18-11(21)10(12(18)27-6-15)17-9(20)2-8-3-26-14(24)16-8/h3,10,12H,2,4-6H2,1H3,(H,16,24)(H,17,20)(H,22,23)/t10?,12-,15?/m1/s1. The summed E-state index contributed by atoms with van der Waals surface area (Å²) in [6.45, 7) is 0.787. The van der Waals surface area contributed by atoms with Gasteiger partial charge in [0, 0.05) is 30.3 Å². The minimum absolute atomic E-state index is 0.0502. The number of fused-ring (bicyclic) bond motifs is 1. The Kier molecular flexibility index (Phi) is 5.29. The molecule has 3 heterocycles. The second kappa shape index (κ2) is 7.35. The van der Waals surface area contributed by atoms with Crippen molar-refractivity contribution in [1.82, 2.24) is 15.2 Å². The molecule has 12 heteroatoms. The topological polar surface area (TPSA) is 146 Å². The monoisotopic (exact) mass is 415 g/mol. The fraction of sp³-hybridized carbons (Fsp3) is 0.533. The zero-order valence-corrected chi connectivity index (χ0v) is 15.9. The van der Waals surface area contributed by atoms with Crippen molar-refractivity contribution in [3.05, 3.63) is 20.7 Å². The number of aromatic amines is 1. The number of esters is 1. The number of hydrogen-bond donors (Lipinski definition) is 3. The van der Waals surface area contributed by atoms with Gasteiger partial charge in [0.25, 0.3) is 0 Å². The van der Waals surface area contributed by atoms with E-state index in [2.05, 4.69) is 10.3 Å². The molecule has 146 valence electrons. The second-order valence-electron chi connectivity index (χ2n) is 6.43. The number of carbonyl (C=O) groups is 4. The van der Waals surface area contributed by atoms with Gasteiger partial charge in [-0.3, -0.25) is 24.0 Å². The van der Waals surface area contributed by atoms with Crippen molar-refractivity contribution < 1.29 is 29.0 Å². The van der Waals surface area contributed by atoms with Crippen LogP contribution in [0, 0.1) is 5.41 Å². The third kappa shape index (κ3) is 3.86. The average Bonchev–Trinajstić information content (AvgIpc) is 3.02. The number of hydrogen-bond acceptors (Lipinski definition) is 8. The predicted molar refractivity (Wildman–Crippen MR) is 95.2 cm³/mol. The van der Waals surface area contributed by atoms with Crippen molar-refractivity contribution in [2.45, 2.75) is 24.8 Å². The van der Waals surface area contributed by atoms with Crippen molar-refractivity contribution in [2.75, 3.05) is 18.9 Å². The number of nitrogens with one attached hydrogen (secondary N) is 2. The van der Waals surface area contributed by atoms with Gasteiger partial charge >= 0.3 is 16.8 Å². The normalized spacial score (nSPS) is 26.7. The van der Waals surface area contributed by atoms with Crippen molar-refractivity contribution >= 4 is 46.9 Å². The first-order valence-corrected chi connectivity index (χ1v) is 9.89. The van der Waals surface area contributed by atoms with E-state index in [0.717, 1.165) is 11.3 Å². The lowest BCUT2D eigenvalue weighted by Gasteiger charge is -2.53. The van der Waals surface area contributed by atoms with Crippen LogP contribution in [0.3, 0.4) is 0 Å². The molecule has 2 fully saturated rings. The number of ether oxygens (including phenoxy) is 1. The molecule has 0 bridgehead atoms. The lowest BCUT2D eigenvalue weighted by atomic mass is 9.88. The molecule has 10 nitrogen and oxygen atoms in total. The van der Waals surface area contributed by atoms with E-state index in [1.165, 1.54) is 23.6 Å². The molecule has 2 amide bonds. The van der Waals surface area contributed by atoms with Crippen LogP contribution >= 0.6 is 23.1 Å². The van der Waals surface area contributed by atoms with E-state index >= 15 is 0 Å². The summed E-state index contributed by atoms with van der Waals surface area (Å²) in [4.78, 5) is 61.9.